The zero-order valence-electron chi connectivity index (χ0n) is 21.6. The van der Waals surface area contributed by atoms with Crippen molar-refractivity contribution in [3.63, 3.8) is 0 Å². The maximum absolute atomic E-state index is 5.02. The van der Waals surface area contributed by atoms with Crippen molar-refractivity contribution in [2.45, 2.75) is 103 Å². The van der Waals surface area contributed by atoms with Crippen LogP contribution < -0.4 is 10.2 Å². The van der Waals surface area contributed by atoms with Crippen molar-refractivity contribution >= 4 is 5.95 Å². The van der Waals surface area contributed by atoms with E-state index in [0.29, 0.717) is 6.04 Å². The highest BCUT2D eigenvalue weighted by atomic mass is 15.3. The Morgan fingerprint density at radius 2 is 1.67 bits per heavy atom. The lowest BCUT2D eigenvalue weighted by molar-refractivity contribution is 0.332. The summed E-state index contributed by atoms with van der Waals surface area (Å²) in [7, 11) is 0. The molecule has 1 aromatic carbocycles. The lowest BCUT2D eigenvalue weighted by Gasteiger charge is -2.42. The Balaban J connectivity index is 1.43. The van der Waals surface area contributed by atoms with Crippen LogP contribution in [0.2, 0.25) is 0 Å². The first kappa shape index (κ1) is 24.2. The van der Waals surface area contributed by atoms with E-state index in [-0.39, 0.29) is 10.8 Å². The third-order valence-corrected chi connectivity index (χ3v) is 8.03. The number of aromatic nitrogens is 2. The molecule has 4 heteroatoms. The summed E-state index contributed by atoms with van der Waals surface area (Å²) in [6.45, 7) is 15.0. The fraction of sp³-hybridized carbons (Fsp3) is 0.655. The minimum absolute atomic E-state index is 0.210. The van der Waals surface area contributed by atoms with E-state index in [9.17, 15) is 0 Å². The summed E-state index contributed by atoms with van der Waals surface area (Å²) in [5.74, 6) is 0.881. The van der Waals surface area contributed by atoms with Gasteiger partial charge in [-0.25, -0.2) is 9.97 Å². The third-order valence-electron chi connectivity index (χ3n) is 8.03. The number of rotatable bonds is 8. The molecule has 1 fully saturated rings. The molecule has 1 saturated heterocycles. The highest BCUT2D eigenvalue weighted by Crippen LogP contribution is 2.46. The molecule has 2 heterocycles. The first-order valence-electron chi connectivity index (χ1n) is 13.3. The maximum atomic E-state index is 5.02. The molecular formula is C29H44N4. The van der Waals surface area contributed by atoms with Crippen molar-refractivity contribution in [3.05, 3.63) is 41.6 Å². The van der Waals surface area contributed by atoms with E-state index >= 15 is 0 Å². The predicted molar refractivity (Wildman–Crippen MR) is 140 cm³/mol. The number of hydrogen-bond donors (Lipinski definition) is 1. The van der Waals surface area contributed by atoms with E-state index in [4.69, 9.17) is 4.98 Å². The molecule has 0 bridgehead atoms. The minimum Gasteiger partial charge on any atom is -0.341 e. The van der Waals surface area contributed by atoms with Crippen LogP contribution in [0.4, 0.5) is 5.95 Å². The van der Waals surface area contributed by atoms with Gasteiger partial charge in [-0.3, -0.25) is 0 Å². The summed E-state index contributed by atoms with van der Waals surface area (Å²) in [5, 5.41) is 3.77. The Hall–Kier alpha value is -1.94. The van der Waals surface area contributed by atoms with Crippen LogP contribution in [-0.2, 0) is 10.8 Å². The fourth-order valence-corrected chi connectivity index (χ4v) is 5.55. The number of anilines is 1. The highest BCUT2D eigenvalue weighted by molar-refractivity contribution is 5.64. The Kier molecular flexibility index (Phi) is 7.43. The normalized spacial score (nSPS) is 20.0. The molecule has 0 radical (unpaired) electrons. The number of nitrogens with one attached hydrogen (secondary N) is 1. The van der Waals surface area contributed by atoms with Crippen LogP contribution in [-0.4, -0.2) is 35.6 Å². The van der Waals surface area contributed by atoms with E-state index in [2.05, 4.69) is 74.1 Å². The van der Waals surface area contributed by atoms with Crippen LogP contribution in [0.3, 0.4) is 0 Å². The van der Waals surface area contributed by atoms with Crippen molar-refractivity contribution < 1.29 is 0 Å². The summed E-state index contributed by atoms with van der Waals surface area (Å²) in [4.78, 5) is 12.0. The van der Waals surface area contributed by atoms with Crippen LogP contribution in [0.1, 0.15) is 97.1 Å². The van der Waals surface area contributed by atoms with Crippen LogP contribution in [0, 0.1) is 0 Å². The van der Waals surface area contributed by atoms with Gasteiger partial charge in [0.15, 0.2) is 0 Å². The SMILES string of the molecule is CCCCCCNC1CCN(c2nccc(-c3ccc4c(c3)C(C)(C)CCC4(C)C)n2)CC1. The van der Waals surface area contributed by atoms with E-state index in [0.717, 1.165) is 31.3 Å². The summed E-state index contributed by atoms with van der Waals surface area (Å²) < 4.78 is 0. The lowest BCUT2D eigenvalue weighted by Crippen LogP contribution is -2.43. The molecule has 2 aliphatic rings. The van der Waals surface area contributed by atoms with E-state index in [1.54, 1.807) is 0 Å². The average Bonchev–Trinajstić information content (AvgIpc) is 2.82. The summed E-state index contributed by atoms with van der Waals surface area (Å²) >= 11 is 0. The smallest absolute Gasteiger partial charge is 0.225 e. The molecular weight excluding hydrogens is 404 g/mol. The van der Waals surface area contributed by atoms with Crippen LogP contribution >= 0.6 is 0 Å². The quantitative estimate of drug-likeness (QED) is 0.460. The first-order valence-corrected chi connectivity index (χ1v) is 13.3. The first-order chi connectivity index (χ1) is 15.8. The van der Waals surface area contributed by atoms with Crippen molar-refractivity contribution in [2.24, 2.45) is 0 Å². The molecule has 0 atom stereocenters. The predicted octanol–water partition coefficient (Wildman–Crippen LogP) is 6.63. The Morgan fingerprint density at radius 1 is 0.939 bits per heavy atom. The molecule has 1 aliphatic carbocycles. The molecule has 4 nitrogen and oxygen atoms in total. The van der Waals surface area contributed by atoms with Crippen LogP contribution in [0.5, 0.6) is 0 Å². The second-order valence-electron chi connectivity index (χ2n) is 11.5. The summed E-state index contributed by atoms with van der Waals surface area (Å²) in [6.07, 6.45) is 12.1. The van der Waals surface area contributed by atoms with E-state index in [1.807, 2.05) is 6.20 Å². The number of fused-ring (bicyclic) bond motifs is 1. The molecule has 1 aromatic heterocycles. The highest BCUT2D eigenvalue weighted by Gasteiger charge is 2.37. The molecule has 1 N–H and O–H groups in total. The summed E-state index contributed by atoms with van der Waals surface area (Å²) in [6, 6.07) is 9.72. The van der Waals surface area contributed by atoms with Crippen LogP contribution in [0.25, 0.3) is 11.3 Å². The van der Waals surface area contributed by atoms with Crippen molar-refractivity contribution in [1.29, 1.82) is 0 Å². The van der Waals surface area contributed by atoms with Gasteiger partial charge in [0.05, 0.1) is 5.69 Å². The lowest BCUT2D eigenvalue weighted by atomic mass is 9.63. The van der Waals surface area contributed by atoms with Crippen LogP contribution in [0.15, 0.2) is 30.5 Å². The minimum atomic E-state index is 0.210. The van der Waals surface area contributed by atoms with E-state index in [1.165, 1.54) is 68.1 Å². The molecule has 1 aliphatic heterocycles. The summed E-state index contributed by atoms with van der Waals surface area (Å²) in [5.41, 5.74) is 5.70. The topological polar surface area (TPSA) is 41.0 Å². The number of benzene rings is 1. The van der Waals surface area contributed by atoms with Gasteiger partial charge in [0.25, 0.3) is 0 Å². The van der Waals surface area contributed by atoms with Crippen molar-refractivity contribution in [3.8, 4) is 11.3 Å². The van der Waals surface area contributed by atoms with Gasteiger partial charge in [0.2, 0.25) is 5.95 Å². The standard InChI is InChI=1S/C29H44N4/c1-6-7-8-9-17-30-23-13-19-33(20-14-23)27-31-18-12-26(32-27)22-10-11-24-25(21-22)29(4,5)16-15-28(24,2)3/h10-12,18,21,23,30H,6-9,13-17,19-20H2,1-5H3. The second kappa shape index (κ2) is 10.1. The second-order valence-corrected chi connectivity index (χ2v) is 11.5. The molecule has 0 amide bonds. The number of unbranched alkanes of at least 4 members (excludes halogenated alkanes) is 3. The maximum Gasteiger partial charge on any atom is 0.225 e. The molecule has 4 rings (SSSR count). The molecule has 0 spiro atoms. The van der Waals surface area contributed by atoms with Gasteiger partial charge < -0.3 is 10.2 Å². The van der Waals surface area contributed by atoms with Crippen molar-refractivity contribution in [1.82, 2.24) is 15.3 Å². The third kappa shape index (κ3) is 5.59. The van der Waals surface area contributed by atoms with Gasteiger partial charge >= 0.3 is 0 Å². The molecule has 2 aromatic rings. The molecule has 33 heavy (non-hydrogen) atoms. The number of piperidine rings is 1. The monoisotopic (exact) mass is 448 g/mol. The average molecular weight is 449 g/mol. The number of nitrogens with zero attached hydrogens (tertiary/aromatic N) is 3. The molecule has 180 valence electrons. The Bertz CT molecular complexity index is 925. The number of hydrogen-bond acceptors (Lipinski definition) is 4. The van der Waals surface area contributed by atoms with Gasteiger partial charge in [0, 0.05) is 30.9 Å². The zero-order valence-corrected chi connectivity index (χ0v) is 21.6. The van der Waals surface area contributed by atoms with E-state index < -0.39 is 0 Å². The van der Waals surface area contributed by atoms with Gasteiger partial charge in [-0.1, -0.05) is 66.0 Å². The largest absolute Gasteiger partial charge is 0.341 e. The molecule has 0 unspecified atom stereocenters. The Morgan fingerprint density at radius 3 is 2.39 bits per heavy atom. The molecule has 0 saturated carbocycles. The Labute approximate surface area is 201 Å². The van der Waals surface area contributed by atoms with Gasteiger partial charge in [-0.05, 0) is 72.7 Å². The fourth-order valence-electron chi connectivity index (χ4n) is 5.55. The zero-order chi connectivity index (χ0) is 23.5. The van der Waals surface area contributed by atoms with Gasteiger partial charge in [-0.15, -0.1) is 0 Å². The van der Waals surface area contributed by atoms with Gasteiger partial charge in [0.1, 0.15) is 0 Å². The van der Waals surface area contributed by atoms with Gasteiger partial charge in [-0.2, -0.15) is 0 Å². The van der Waals surface area contributed by atoms with Crippen molar-refractivity contribution in [2.75, 3.05) is 24.5 Å².